The monoisotopic (exact) mass is 324 g/mol. The van der Waals surface area contributed by atoms with Crippen LogP contribution in [0.4, 0.5) is 4.39 Å². The largest absolute Gasteiger partial charge is 0.491 e. The Kier molecular flexibility index (Phi) is 5.36. The van der Waals surface area contributed by atoms with Gasteiger partial charge in [-0.25, -0.2) is 4.39 Å². The molecule has 2 aromatic rings. The topological polar surface area (TPSA) is 18.5 Å². The molecule has 0 saturated carbocycles. The Balaban J connectivity index is 1.69. The zero-order valence-corrected chi connectivity index (χ0v) is 11.9. The molecular weight excluding hydrogens is 311 g/mol. The molecule has 0 heterocycles. The third kappa shape index (κ3) is 4.65. The van der Waals surface area contributed by atoms with Crippen molar-refractivity contribution in [2.24, 2.45) is 0 Å². The number of rotatable bonds is 6. The maximum Gasteiger partial charge on any atom is 0.128 e. The number of halogens is 2. The highest BCUT2D eigenvalue weighted by atomic mass is 79.9. The van der Waals surface area contributed by atoms with E-state index in [4.69, 9.17) is 9.47 Å². The molecule has 0 aliphatic carbocycles. The van der Waals surface area contributed by atoms with Crippen molar-refractivity contribution < 1.29 is 13.9 Å². The number of hydrogen-bond acceptors (Lipinski definition) is 2. The predicted octanol–water partition coefficient (Wildman–Crippen LogP) is 4.18. The molecule has 0 aliphatic rings. The van der Waals surface area contributed by atoms with Gasteiger partial charge in [-0.05, 0) is 24.3 Å². The second-order valence-corrected chi connectivity index (χ2v) is 4.87. The number of benzene rings is 2. The molecule has 0 aromatic heterocycles. The van der Waals surface area contributed by atoms with Crippen LogP contribution >= 0.6 is 15.9 Å². The summed E-state index contributed by atoms with van der Waals surface area (Å²) in [5, 5.41) is 0. The van der Waals surface area contributed by atoms with E-state index in [9.17, 15) is 4.39 Å². The first-order valence-corrected chi connectivity index (χ1v) is 6.74. The third-order valence-corrected chi connectivity index (χ3v) is 3.00. The number of hydrogen-bond donors (Lipinski definition) is 0. The lowest BCUT2D eigenvalue weighted by Gasteiger charge is -2.08. The molecule has 0 fully saturated rings. The van der Waals surface area contributed by atoms with Gasteiger partial charge in [0.15, 0.2) is 0 Å². The SMILES string of the molecule is Fc1ccccc1COCCOc1cccc(Br)c1. The first-order chi connectivity index (χ1) is 9.25. The number of ether oxygens (including phenoxy) is 2. The lowest BCUT2D eigenvalue weighted by atomic mass is 10.2. The molecule has 19 heavy (non-hydrogen) atoms. The molecule has 0 radical (unpaired) electrons. The fraction of sp³-hybridized carbons (Fsp3) is 0.200. The van der Waals surface area contributed by atoms with Crippen LogP contribution in [0.1, 0.15) is 5.56 Å². The van der Waals surface area contributed by atoms with Crippen LogP contribution in [-0.4, -0.2) is 13.2 Å². The Hall–Kier alpha value is -1.39. The highest BCUT2D eigenvalue weighted by molar-refractivity contribution is 9.10. The van der Waals surface area contributed by atoms with Crippen molar-refractivity contribution in [3.05, 3.63) is 64.4 Å². The van der Waals surface area contributed by atoms with E-state index in [2.05, 4.69) is 15.9 Å². The fourth-order valence-corrected chi connectivity index (χ4v) is 1.95. The van der Waals surface area contributed by atoms with Crippen LogP contribution in [0, 0.1) is 5.82 Å². The Bertz CT molecular complexity index is 531. The van der Waals surface area contributed by atoms with Gasteiger partial charge in [0.05, 0.1) is 13.2 Å². The van der Waals surface area contributed by atoms with Crippen LogP contribution in [-0.2, 0) is 11.3 Å². The van der Waals surface area contributed by atoms with Crippen LogP contribution in [0.3, 0.4) is 0 Å². The molecule has 2 rings (SSSR count). The summed E-state index contributed by atoms with van der Waals surface area (Å²) in [6, 6.07) is 14.2. The van der Waals surface area contributed by atoms with Gasteiger partial charge in [-0.2, -0.15) is 0 Å². The van der Waals surface area contributed by atoms with E-state index in [-0.39, 0.29) is 12.4 Å². The molecule has 2 aromatic carbocycles. The first kappa shape index (κ1) is 14.0. The maximum atomic E-state index is 13.3. The van der Waals surface area contributed by atoms with Crippen molar-refractivity contribution in [3.8, 4) is 5.75 Å². The highest BCUT2D eigenvalue weighted by Crippen LogP contribution is 2.17. The summed E-state index contributed by atoms with van der Waals surface area (Å²) >= 11 is 3.37. The van der Waals surface area contributed by atoms with Crippen molar-refractivity contribution in [3.63, 3.8) is 0 Å². The fourth-order valence-electron chi connectivity index (χ4n) is 1.57. The van der Waals surface area contributed by atoms with Crippen LogP contribution < -0.4 is 4.74 Å². The minimum atomic E-state index is -0.240. The van der Waals surface area contributed by atoms with Crippen molar-refractivity contribution in [1.82, 2.24) is 0 Å². The van der Waals surface area contributed by atoms with E-state index in [1.165, 1.54) is 6.07 Å². The van der Waals surface area contributed by atoms with E-state index >= 15 is 0 Å². The molecule has 0 amide bonds. The summed E-state index contributed by atoms with van der Waals surface area (Å²) in [6.07, 6.45) is 0. The Labute approximate surface area is 120 Å². The van der Waals surface area contributed by atoms with Gasteiger partial charge >= 0.3 is 0 Å². The first-order valence-electron chi connectivity index (χ1n) is 5.95. The molecule has 4 heteroatoms. The van der Waals surface area contributed by atoms with Gasteiger partial charge in [0, 0.05) is 10.0 Å². The van der Waals surface area contributed by atoms with Crippen LogP contribution in [0.2, 0.25) is 0 Å². The second-order valence-electron chi connectivity index (χ2n) is 3.95. The van der Waals surface area contributed by atoms with Gasteiger partial charge in [-0.15, -0.1) is 0 Å². The minimum Gasteiger partial charge on any atom is -0.491 e. The van der Waals surface area contributed by atoms with E-state index in [1.807, 2.05) is 24.3 Å². The standard InChI is InChI=1S/C15H14BrFO2/c16-13-5-3-6-14(10-13)19-9-8-18-11-12-4-1-2-7-15(12)17/h1-7,10H,8-9,11H2. The van der Waals surface area contributed by atoms with E-state index < -0.39 is 0 Å². The van der Waals surface area contributed by atoms with E-state index in [0.29, 0.717) is 18.8 Å². The van der Waals surface area contributed by atoms with Crippen molar-refractivity contribution in [1.29, 1.82) is 0 Å². The zero-order valence-electron chi connectivity index (χ0n) is 10.3. The molecule has 0 N–H and O–H groups in total. The van der Waals surface area contributed by atoms with Gasteiger partial charge < -0.3 is 9.47 Å². The maximum absolute atomic E-state index is 13.3. The summed E-state index contributed by atoms with van der Waals surface area (Å²) < 4.78 is 25.1. The highest BCUT2D eigenvalue weighted by Gasteiger charge is 2.00. The molecule has 0 aliphatic heterocycles. The lowest BCUT2D eigenvalue weighted by molar-refractivity contribution is 0.0871. The van der Waals surface area contributed by atoms with Crippen LogP contribution in [0.15, 0.2) is 53.0 Å². The van der Waals surface area contributed by atoms with Crippen LogP contribution in [0.25, 0.3) is 0 Å². The van der Waals surface area contributed by atoms with Crippen molar-refractivity contribution >= 4 is 15.9 Å². The van der Waals surface area contributed by atoms with Gasteiger partial charge in [-0.3, -0.25) is 0 Å². The molecule has 0 saturated heterocycles. The van der Waals surface area contributed by atoms with Crippen molar-refractivity contribution in [2.75, 3.05) is 13.2 Å². The van der Waals surface area contributed by atoms with E-state index in [1.54, 1.807) is 18.2 Å². The molecule has 0 bridgehead atoms. The Morgan fingerprint density at radius 2 is 1.84 bits per heavy atom. The summed E-state index contributed by atoms with van der Waals surface area (Å²) in [5.74, 6) is 0.541. The lowest BCUT2D eigenvalue weighted by Crippen LogP contribution is -2.07. The van der Waals surface area contributed by atoms with Crippen LogP contribution in [0.5, 0.6) is 5.75 Å². The van der Waals surface area contributed by atoms with Crippen molar-refractivity contribution in [2.45, 2.75) is 6.61 Å². The molecule has 0 spiro atoms. The normalized spacial score (nSPS) is 10.4. The molecule has 100 valence electrons. The van der Waals surface area contributed by atoms with E-state index in [0.717, 1.165) is 10.2 Å². The van der Waals surface area contributed by atoms with Gasteiger partial charge in [0.2, 0.25) is 0 Å². The molecule has 2 nitrogen and oxygen atoms in total. The van der Waals surface area contributed by atoms with Gasteiger partial charge in [0.25, 0.3) is 0 Å². The minimum absolute atomic E-state index is 0.240. The van der Waals surface area contributed by atoms with Gasteiger partial charge in [-0.1, -0.05) is 40.2 Å². The van der Waals surface area contributed by atoms with Gasteiger partial charge in [0.1, 0.15) is 18.2 Å². The third-order valence-electron chi connectivity index (χ3n) is 2.51. The summed E-state index contributed by atoms with van der Waals surface area (Å²) in [7, 11) is 0. The average Bonchev–Trinajstić information content (AvgIpc) is 2.40. The summed E-state index contributed by atoms with van der Waals surface area (Å²) in [5.41, 5.74) is 0.560. The Morgan fingerprint density at radius 1 is 1.00 bits per heavy atom. The summed E-state index contributed by atoms with van der Waals surface area (Å²) in [6.45, 7) is 1.11. The Morgan fingerprint density at radius 3 is 2.63 bits per heavy atom. The predicted molar refractivity (Wildman–Crippen MR) is 75.7 cm³/mol. The average molecular weight is 325 g/mol. The summed E-state index contributed by atoms with van der Waals surface area (Å²) in [4.78, 5) is 0. The quantitative estimate of drug-likeness (QED) is 0.742. The molecular formula is C15H14BrFO2. The molecule has 0 unspecified atom stereocenters. The smallest absolute Gasteiger partial charge is 0.128 e. The zero-order chi connectivity index (χ0) is 13.5. The second kappa shape index (κ2) is 7.26. The molecule has 0 atom stereocenters.